The van der Waals surface area contributed by atoms with E-state index in [9.17, 15) is 4.79 Å². The van der Waals surface area contributed by atoms with E-state index >= 15 is 0 Å². The van der Waals surface area contributed by atoms with Gasteiger partial charge in [0.15, 0.2) is 5.82 Å². The summed E-state index contributed by atoms with van der Waals surface area (Å²) in [5.41, 5.74) is 0.876. The summed E-state index contributed by atoms with van der Waals surface area (Å²) in [4.78, 5) is 17.0. The highest BCUT2D eigenvalue weighted by atomic mass is 35.5. The van der Waals surface area contributed by atoms with Crippen molar-refractivity contribution in [3.8, 4) is 0 Å². The quantitative estimate of drug-likeness (QED) is 0.892. The van der Waals surface area contributed by atoms with E-state index in [1.807, 2.05) is 25.1 Å². The predicted molar refractivity (Wildman–Crippen MR) is 94.3 cm³/mol. The second-order valence-corrected chi connectivity index (χ2v) is 6.64. The molecular weight excluding hydrogens is 326 g/mol. The molecule has 1 aromatic heterocycles. The Morgan fingerprint density at radius 2 is 2.17 bits per heavy atom. The van der Waals surface area contributed by atoms with Crippen molar-refractivity contribution in [2.24, 2.45) is 7.05 Å². The number of piperidine rings is 1. The zero-order valence-corrected chi connectivity index (χ0v) is 14.7. The molecule has 0 saturated carbocycles. The van der Waals surface area contributed by atoms with Crippen molar-refractivity contribution in [1.82, 2.24) is 20.1 Å². The maximum atomic E-state index is 12.5. The summed E-state index contributed by atoms with van der Waals surface area (Å²) in [5, 5.41) is 11.3. The van der Waals surface area contributed by atoms with E-state index in [0.29, 0.717) is 16.9 Å². The smallest absolute Gasteiger partial charge is 0.233 e. The summed E-state index contributed by atoms with van der Waals surface area (Å²) in [5.74, 6) is 1.22. The molecule has 1 aromatic carbocycles. The molecule has 24 heavy (non-hydrogen) atoms. The summed E-state index contributed by atoms with van der Waals surface area (Å²) in [6, 6.07) is 7.35. The SMILES string of the molecule is CC(C(=O)Nc1nc(C2CCNCC2)nn1C)c1cccc(Cl)c1. The molecule has 1 amide bonds. The lowest BCUT2D eigenvalue weighted by Crippen LogP contribution is -2.27. The number of hydrogen-bond acceptors (Lipinski definition) is 4. The Kier molecular flexibility index (Phi) is 5.16. The Morgan fingerprint density at radius 3 is 2.88 bits per heavy atom. The number of nitrogens with zero attached hydrogens (tertiary/aromatic N) is 3. The maximum absolute atomic E-state index is 12.5. The second kappa shape index (κ2) is 7.32. The number of nitrogens with one attached hydrogen (secondary N) is 2. The van der Waals surface area contributed by atoms with Gasteiger partial charge in [-0.25, -0.2) is 4.68 Å². The first-order valence-corrected chi connectivity index (χ1v) is 8.60. The number of hydrogen-bond donors (Lipinski definition) is 2. The molecule has 6 nitrogen and oxygen atoms in total. The third kappa shape index (κ3) is 3.76. The highest BCUT2D eigenvalue weighted by Crippen LogP contribution is 2.24. The Hall–Kier alpha value is -1.92. The molecule has 0 bridgehead atoms. The van der Waals surface area contributed by atoms with Gasteiger partial charge in [-0.15, -0.1) is 0 Å². The Bertz CT molecular complexity index is 724. The van der Waals surface area contributed by atoms with Crippen LogP contribution in [0.4, 0.5) is 5.95 Å². The van der Waals surface area contributed by atoms with Gasteiger partial charge >= 0.3 is 0 Å². The lowest BCUT2D eigenvalue weighted by Gasteiger charge is -2.19. The van der Waals surface area contributed by atoms with Gasteiger partial charge in [-0.2, -0.15) is 10.1 Å². The van der Waals surface area contributed by atoms with Gasteiger partial charge in [0.2, 0.25) is 11.9 Å². The van der Waals surface area contributed by atoms with Crippen molar-refractivity contribution in [2.75, 3.05) is 18.4 Å². The number of rotatable bonds is 4. The van der Waals surface area contributed by atoms with Gasteiger partial charge in [0.1, 0.15) is 0 Å². The molecule has 1 aliphatic heterocycles. The number of anilines is 1. The highest BCUT2D eigenvalue weighted by Gasteiger charge is 2.23. The molecular formula is C17H22ClN5O. The van der Waals surface area contributed by atoms with Crippen molar-refractivity contribution in [3.05, 3.63) is 40.7 Å². The molecule has 1 unspecified atom stereocenters. The van der Waals surface area contributed by atoms with Gasteiger partial charge in [-0.3, -0.25) is 10.1 Å². The van der Waals surface area contributed by atoms with E-state index in [-0.39, 0.29) is 11.8 Å². The van der Waals surface area contributed by atoms with E-state index in [1.54, 1.807) is 17.8 Å². The fraction of sp³-hybridized carbons (Fsp3) is 0.471. The van der Waals surface area contributed by atoms with E-state index in [4.69, 9.17) is 11.6 Å². The van der Waals surface area contributed by atoms with Crippen molar-refractivity contribution in [1.29, 1.82) is 0 Å². The predicted octanol–water partition coefficient (Wildman–Crippen LogP) is 2.68. The Labute approximate surface area is 146 Å². The Morgan fingerprint density at radius 1 is 1.42 bits per heavy atom. The van der Waals surface area contributed by atoms with Gasteiger partial charge < -0.3 is 5.32 Å². The maximum Gasteiger partial charge on any atom is 0.233 e. The van der Waals surface area contributed by atoms with Crippen LogP contribution in [0.2, 0.25) is 5.02 Å². The van der Waals surface area contributed by atoms with E-state index < -0.39 is 0 Å². The monoisotopic (exact) mass is 347 g/mol. The third-order valence-electron chi connectivity index (χ3n) is 4.46. The number of carbonyl (C=O) groups is 1. The topological polar surface area (TPSA) is 71.8 Å². The molecule has 3 rings (SSSR count). The summed E-state index contributed by atoms with van der Waals surface area (Å²) < 4.78 is 1.64. The van der Waals surface area contributed by atoms with Crippen molar-refractivity contribution in [3.63, 3.8) is 0 Å². The van der Waals surface area contributed by atoms with Crippen molar-refractivity contribution in [2.45, 2.75) is 31.6 Å². The number of amides is 1. The molecule has 128 valence electrons. The van der Waals surface area contributed by atoms with Crippen molar-refractivity contribution >= 4 is 23.5 Å². The summed E-state index contributed by atoms with van der Waals surface area (Å²) >= 11 is 6.01. The molecule has 1 atom stereocenters. The van der Waals surface area contributed by atoms with Crippen LogP contribution < -0.4 is 10.6 Å². The molecule has 1 fully saturated rings. The van der Waals surface area contributed by atoms with Crippen LogP contribution in [0, 0.1) is 0 Å². The molecule has 0 aliphatic carbocycles. The second-order valence-electron chi connectivity index (χ2n) is 6.21. The van der Waals surface area contributed by atoms with Crippen LogP contribution in [-0.4, -0.2) is 33.8 Å². The number of halogens is 1. The lowest BCUT2D eigenvalue weighted by atomic mass is 9.98. The third-order valence-corrected chi connectivity index (χ3v) is 4.70. The molecule has 7 heteroatoms. The van der Waals surface area contributed by atoms with Crippen LogP contribution in [-0.2, 0) is 11.8 Å². The molecule has 2 aromatic rings. The fourth-order valence-electron chi connectivity index (χ4n) is 2.91. The highest BCUT2D eigenvalue weighted by molar-refractivity contribution is 6.30. The van der Waals surface area contributed by atoms with Crippen molar-refractivity contribution < 1.29 is 4.79 Å². The van der Waals surface area contributed by atoms with Gasteiger partial charge in [-0.1, -0.05) is 23.7 Å². The van der Waals surface area contributed by atoms with Gasteiger partial charge in [0.25, 0.3) is 0 Å². The molecule has 1 aliphatic rings. The molecule has 0 radical (unpaired) electrons. The number of benzene rings is 1. The average molecular weight is 348 g/mol. The molecule has 0 spiro atoms. The van der Waals surface area contributed by atoms with Crippen LogP contribution in [0.15, 0.2) is 24.3 Å². The van der Waals surface area contributed by atoms with Crippen LogP contribution in [0.3, 0.4) is 0 Å². The normalized spacial score (nSPS) is 16.8. The van der Waals surface area contributed by atoms with Crippen LogP contribution in [0.25, 0.3) is 0 Å². The molecule has 2 N–H and O–H groups in total. The molecule has 2 heterocycles. The van der Waals surface area contributed by atoms with E-state index in [1.165, 1.54) is 0 Å². The first-order valence-electron chi connectivity index (χ1n) is 8.22. The largest absolute Gasteiger partial charge is 0.317 e. The lowest BCUT2D eigenvalue weighted by molar-refractivity contribution is -0.117. The minimum absolute atomic E-state index is 0.121. The van der Waals surface area contributed by atoms with E-state index in [2.05, 4.69) is 20.7 Å². The van der Waals surface area contributed by atoms with Gasteiger partial charge in [-0.05, 0) is 50.6 Å². The van der Waals surface area contributed by atoms with E-state index in [0.717, 1.165) is 37.3 Å². The fourth-order valence-corrected chi connectivity index (χ4v) is 3.11. The number of aryl methyl sites for hydroxylation is 1. The number of carbonyl (C=O) groups excluding carboxylic acids is 1. The van der Waals surface area contributed by atoms with Gasteiger partial charge in [0.05, 0.1) is 5.92 Å². The summed E-state index contributed by atoms with van der Waals surface area (Å²) in [6.45, 7) is 3.82. The first kappa shape index (κ1) is 16.9. The van der Waals surface area contributed by atoms with Crippen LogP contribution in [0.5, 0.6) is 0 Å². The average Bonchev–Trinajstić information content (AvgIpc) is 2.95. The zero-order chi connectivity index (χ0) is 17.1. The summed E-state index contributed by atoms with van der Waals surface area (Å²) in [6.07, 6.45) is 2.05. The zero-order valence-electron chi connectivity index (χ0n) is 13.9. The summed E-state index contributed by atoms with van der Waals surface area (Å²) in [7, 11) is 1.80. The number of aromatic nitrogens is 3. The Balaban J connectivity index is 1.71. The van der Waals surface area contributed by atoms with Crippen LogP contribution in [0.1, 0.15) is 43.0 Å². The minimum Gasteiger partial charge on any atom is -0.317 e. The van der Waals surface area contributed by atoms with Gasteiger partial charge in [0, 0.05) is 18.0 Å². The first-order chi connectivity index (χ1) is 11.5. The minimum atomic E-state index is -0.317. The standard InChI is InChI=1S/C17H22ClN5O/c1-11(13-4-3-5-14(18)10-13)16(24)21-17-20-15(22-23(17)2)12-6-8-19-9-7-12/h3-5,10-12,19H,6-9H2,1-2H3,(H,20,21,22,24). The van der Waals surface area contributed by atoms with Crippen LogP contribution >= 0.6 is 11.6 Å². The molecule has 1 saturated heterocycles.